The minimum absolute atomic E-state index is 0.366. The molecule has 0 heterocycles. The van der Waals surface area contributed by atoms with Crippen molar-refractivity contribution >= 4 is 44.9 Å². The highest BCUT2D eigenvalue weighted by molar-refractivity contribution is 7.90. The molecule has 0 aromatic heterocycles. The monoisotopic (exact) mass is 394 g/mol. The second-order valence-corrected chi connectivity index (χ2v) is 9.78. The van der Waals surface area contributed by atoms with E-state index in [1.165, 1.54) is 51.4 Å². The second kappa shape index (κ2) is 12.2. The van der Waals surface area contributed by atoms with Crippen LogP contribution in [0.4, 0.5) is 0 Å². The second-order valence-electron chi connectivity index (χ2n) is 5.83. The molecule has 7 heteroatoms. The topological polar surface area (TPSA) is 54.4 Å². The van der Waals surface area contributed by atoms with Gasteiger partial charge in [-0.25, -0.2) is 0 Å². The molecule has 0 saturated heterocycles. The maximum absolute atomic E-state index is 11.0. The molecule has 0 aromatic rings. The first kappa shape index (κ1) is 22.8. The Morgan fingerprint density at radius 2 is 1.23 bits per heavy atom. The summed E-state index contributed by atoms with van der Waals surface area (Å²) in [5.41, 5.74) is 0. The van der Waals surface area contributed by atoms with Gasteiger partial charge < -0.3 is 0 Å². The standard InChI is InChI=1S/C15H29Cl3O3S/c1-2-3-4-5-6-7-8-9-10-11-12-13-14(16)15(17,18)22(19,20)21/h14H,2-13H2,1H3,(H,19,20,21). The zero-order valence-corrected chi connectivity index (χ0v) is 16.5. The smallest absolute Gasteiger partial charge is 0.283 e. The number of halogens is 3. The Kier molecular flexibility index (Phi) is 12.6. The lowest BCUT2D eigenvalue weighted by Gasteiger charge is -2.21. The molecule has 0 spiro atoms. The molecule has 0 radical (unpaired) electrons. The number of alkyl halides is 3. The van der Waals surface area contributed by atoms with E-state index in [9.17, 15) is 8.42 Å². The van der Waals surface area contributed by atoms with Crippen molar-refractivity contribution in [2.45, 2.75) is 93.0 Å². The minimum Gasteiger partial charge on any atom is -0.283 e. The summed E-state index contributed by atoms with van der Waals surface area (Å²) < 4.78 is 28.6. The quantitative estimate of drug-likeness (QED) is 0.213. The molecule has 1 atom stereocenters. The molecule has 0 aliphatic heterocycles. The Morgan fingerprint density at radius 1 is 0.864 bits per heavy atom. The maximum Gasteiger partial charge on any atom is 0.300 e. The molecule has 1 unspecified atom stereocenters. The lowest BCUT2D eigenvalue weighted by molar-refractivity contribution is 0.467. The van der Waals surface area contributed by atoms with Crippen molar-refractivity contribution in [3.63, 3.8) is 0 Å². The van der Waals surface area contributed by atoms with Gasteiger partial charge in [0.1, 0.15) is 0 Å². The lowest BCUT2D eigenvalue weighted by atomic mass is 10.0. The van der Waals surface area contributed by atoms with Gasteiger partial charge in [-0.2, -0.15) is 8.42 Å². The predicted octanol–water partition coefficient (Wildman–Crippen LogP) is 6.31. The van der Waals surface area contributed by atoms with Crippen LogP contribution in [-0.2, 0) is 10.1 Å². The van der Waals surface area contributed by atoms with Gasteiger partial charge >= 0.3 is 10.1 Å². The minimum atomic E-state index is -4.57. The summed E-state index contributed by atoms with van der Waals surface area (Å²) in [4.78, 5) is 0. The molecule has 0 saturated carbocycles. The van der Waals surface area contributed by atoms with Crippen LogP contribution in [0.5, 0.6) is 0 Å². The zero-order chi connectivity index (χ0) is 17.1. The highest BCUT2D eigenvalue weighted by atomic mass is 35.5. The first-order valence-corrected chi connectivity index (χ1v) is 10.9. The van der Waals surface area contributed by atoms with Crippen molar-refractivity contribution in [2.24, 2.45) is 0 Å². The molecule has 3 nitrogen and oxygen atoms in total. The van der Waals surface area contributed by atoms with E-state index < -0.39 is 19.2 Å². The molecule has 0 amide bonds. The van der Waals surface area contributed by atoms with Gasteiger partial charge in [0.05, 0.1) is 5.38 Å². The normalized spacial score (nSPS) is 14.2. The molecule has 22 heavy (non-hydrogen) atoms. The van der Waals surface area contributed by atoms with Crippen molar-refractivity contribution < 1.29 is 13.0 Å². The van der Waals surface area contributed by atoms with Crippen LogP contribution in [-0.4, -0.2) is 22.0 Å². The average molecular weight is 396 g/mol. The maximum atomic E-state index is 11.0. The van der Waals surface area contributed by atoms with Gasteiger partial charge in [-0.1, -0.05) is 101 Å². The zero-order valence-electron chi connectivity index (χ0n) is 13.4. The summed E-state index contributed by atoms with van der Waals surface area (Å²) in [6, 6.07) is 0. The van der Waals surface area contributed by atoms with Crippen LogP contribution >= 0.6 is 34.8 Å². The fraction of sp³-hybridized carbons (Fsp3) is 1.00. The Morgan fingerprint density at radius 3 is 1.59 bits per heavy atom. The van der Waals surface area contributed by atoms with E-state index in [1.807, 2.05) is 0 Å². The molecular weight excluding hydrogens is 367 g/mol. The summed E-state index contributed by atoms with van der Waals surface area (Å²) >= 11 is 17.1. The third-order valence-electron chi connectivity index (χ3n) is 3.77. The fourth-order valence-electron chi connectivity index (χ4n) is 2.32. The van der Waals surface area contributed by atoms with Gasteiger partial charge in [0.15, 0.2) is 0 Å². The molecule has 1 N–H and O–H groups in total. The summed E-state index contributed by atoms with van der Waals surface area (Å²) in [7, 11) is -4.57. The van der Waals surface area contributed by atoms with E-state index in [4.69, 9.17) is 39.4 Å². The number of unbranched alkanes of at least 4 members (excludes halogenated alkanes) is 10. The first-order valence-electron chi connectivity index (χ1n) is 8.22. The Bertz CT molecular complexity index is 372. The highest BCUT2D eigenvalue weighted by Crippen LogP contribution is 2.37. The van der Waals surface area contributed by atoms with Crippen LogP contribution in [0, 0.1) is 0 Å². The van der Waals surface area contributed by atoms with Crippen molar-refractivity contribution in [1.29, 1.82) is 0 Å². The van der Waals surface area contributed by atoms with Gasteiger partial charge in [0, 0.05) is 0 Å². The van der Waals surface area contributed by atoms with Crippen LogP contribution in [0.15, 0.2) is 0 Å². The number of hydrogen-bond acceptors (Lipinski definition) is 2. The van der Waals surface area contributed by atoms with E-state index in [-0.39, 0.29) is 0 Å². The summed E-state index contributed by atoms with van der Waals surface area (Å²) in [6.45, 7) is 2.22. The van der Waals surface area contributed by atoms with Gasteiger partial charge in [-0.3, -0.25) is 4.55 Å². The summed E-state index contributed by atoms with van der Waals surface area (Å²) in [5.74, 6) is 0. The van der Waals surface area contributed by atoms with Gasteiger partial charge in [-0.05, 0) is 6.42 Å². The molecule has 0 fully saturated rings. The van der Waals surface area contributed by atoms with Crippen molar-refractivity contribution in [3.05, 3.63) is 0 Å². The summed E-state index contributed by atoms with van der Waals surface area (Å²) in [6.07, 6.45) is 13.5. The third-order valence-corrected chi connectivity index (χ3v) is 7.34. The first-order chi connectivity index (χ1) is 10.2. The number of rotatable bonds is 14. The largest absolute Gasteiger partial charge is 0.300 e. The molecular formula is C15H29Cl3O3S. The van der Waals surface area contributed by atoms with Crippen molar-refractivity contribution in [1.82, 2.24) is 0 Å². The molecule has 0 rings (SSSR count). The lowest BCUT2D eigenvalue weighted by Crippen LogP contribution is -2.35. The van der Waals surface area contributed by atoms with Crippen LogP contribution in [0.25, 0.3) is 0 Å². The predicted molar refractivity (Wildman–Crippen MR) is 96.7 cm³/mol. The Hall–Kier alpha value is 0.780. The van der Waals surface area contributed by atoms with Crippen LogP contribution in [0.3, 0.4) is 0 Å². The van der Waals surface area contributed by atoms with E-state index in [2.05, 4.69) is 6.92 Å². The van der Waals surface area contributed by atoms with Crippen molar-refractivity contribution in [3.8, 4) is 0 Å². The van der Waals surface area contributed by atoms with Crippen LogP contribution in [0.2, 0.25) is 0 Å². The van der Waals surface area contributed by atoms with E-state index >= 15 is 0 Å². The summed E-state index contributed by atoms with van der Waals surface area (Å²) in [5, 5.41) is -1.01. The third kappa shape index (κ3) is 9.82. The van der Waals surface area contributed by atoms with E-state index in [1.54, 1.807) is 0 Å². The van der Waals surface area contributed by atoms with Gasteiger partial charge in [0.25, 0.3) is 3.67 Å². The number of hydrogen-bond donors (Lipinski definition) is 1. The van der Waals surface area contributed by atoms with Crippen LogP contribution < -0.4 is 0 Å². The Balaban J connectivity index is 3.54. The SMILES string of the molecule is CCCCCCCCCCCCCC(Cl)C(Cl)(Cl)S(=O)(=O)O. The Labute approximate surface area is 150 Å². The molecule has 0 aromatic carbocycles. The highest BCUT2D eigenvalue weighted by Gasteiger charge is 2.45. The fourth-order valence-corrected chi connectivity index (χ4v) is 3.47. The molecule has 134 valence electrons. The van der Waals surface area contributed by atoms with Crippen molar-refractivity contribution in [2.75, 3.05) is 0 Å². The van der Waals surface area contributed by atoms with E-state index in [0.29, 0.717) is 6.42 Å². The van der Waals surface area contributed by atoms with Gasteiger partial charge in [0.2, 0.25) is 0 Å². The molecule has 0 bridgehead atoms. The van der Waals surface area contributed by atoms with Crippen LogP contribution in [0.1, 0.15) is 84.0 Å². The molecule has 0 aliphatic carbocycles. The van der Waals surface area contributed by atoms with Gasteiger partial charge in [-0.15, -0.1) is 11.6 Å². The average Bonchev–Trinajstić information content (AvgIpc) is 2.43. The van der Waals surface area contributed by atoms with E-state index in [0.717, 1.165) is 19.3 Å². The molecule has 0 aliphatic rings.